The second kappa shape index (κ2) is 4.92. The Labute approximate surface area is 113 Å². The number of ether oxygens (including phenoxy) is 1. The maximum absolute atomic E-state index is 11.8. The van der Waals surface area contributed by atoms with E-state index in [-0.39, 0.29) is 11.2 Å². The number of carbonyl (C=O) groups is 1. The van der Waals surface area contributed by atoms with Gasteiger partial charge in [-0.3, -0.25) is 0 Å². The van der Waals surface area contributed by atoms with E-state index in [0.717, 1.165) is 5.56 Å². The summed E-state index contributed by atoms with van der Waals surface area (Å²) < 4.78 is 10.3. The van der Waals surface area contributed by atoms with Crippen LogP contribution in [0.3, 0.4) is 0 Å². The first-order chi connectivity index (χ1) is 8.88. The predicted molar refractivity (Wildman–Crippen MR) is 73.5 cm³/mol. The largest absolute Gasteiger partial charge is 0.457 e. The van der Waals surface area contributed by atoms with Crippen LogP contribution >= 0.6 is 0 Å². The fraction of sp³-hybridized carbons (Fsp3) is 0.312. The van der Waals surface area contributed by atoms with Gasteiger partial charge in [0, 0.05) is 0 Å². The number of carbonyl (C=O) groups excluding carboxylic acids is 1. The number of furan rings is 1. The van der Waals surface area contributed by atoms with E-state index in [9.17, 15) is 4.79 Å². The number of esters is 1. The molecule has 0 aliphatic rings. The standard InChI is InChI=1S/C16H18O3/c1-11-10-12(16(2,3)4)7-8-13(11)19-15(17)14-6-5-9-18-14/h5-10H,1-4H3. The van der Waals surface area contributed by atoms with E-state index in [2.05, 4.69) is 20.8 Å². The van der Waals surface area contributed by atoms with Crippen LogP contribution in [0.5, 0.6) is 5.75 Å². The topological polar surface area (TPSA) is 39.4 Å². The highest BCUT2D eigenvalue weighted by molar-refractivity contribution is 5.88. The molecule has 2 aromatic rings. The van der Waals surface area contributed by atoms with E-state index in [1.807, 2.05) is 25.1 Å². The highest BCUT2D eigenvalue weighted by atomic mass is 16.5. The average Bonchev–Trinajstić information content (AvgIpc) is 2.84. The van der Waals surface area contributed by atoms with E-state index < -0.39 is 5.97 Å². The third-order valence-corrected chi connectivity index (χ3v) is 2.97. The van der Waals surface area contributed by atoms with E-state index in [1.165, 1.54) is 11.8 Å². The molecular weight excluding hydrogens is 240 g/mol. The number of hydrogen-bond acceptors (Lipinski definition) is 3. The van der Waals surface area contributed by atoms with Crippen molar-refractivity contribution >= 4 is 5.97 Å². The first-order valence-corrected chi connectivity index (χ1v) is 6.25. The smallest absolute Gasteiger partial charge is 0.379 e. The van der Waals surface area contributed by atoms with Gasteiger partial charge >= 0.3 is 5.97 Å². The summed E-state index contributed by atoms with van der Waals surface area (Å²) in [5, 5.41) is 0. The van der Waals surface area contributed by atoms with Crippen LogP contribution in [0.15, 0.2) is 41.0 Å². The van der Waals surface area contributed by atoms with Crippen LogP contribution in [0.25, 0.3) is 0 Å². The lowest BCUT2D eigenvalue weighted by molar-refractivity contribution is 0.0700. The second-order valence-corrected chi connectivity index (χ2v) is 5.60. The number of hydrogen-bond donors (Lipinski definition) is 0. The maximum atomic E-state index is 11.8. The molecule has 0 radical (unpaired) electrons. The van der Waals surface area contributed by atoms with Crippen molar-refractivity contribution in [3.05, 3.63) is 53.5 Å². The van der Waals surface area contributed by atoms with Crippen molar-refractivity contribution in [1.29, 1.82) is 0 Å². The number of aryl methyl sites for hydroxylation is 1. The first kappa shape index (κ1) is 13.4. The molecule has 0 bridgehead atoms. The monoisotopic (exact) mass is 258 g/mol. The Morgan fingerprint density at radius 2 is 1.95 bits per heavy atom. The predicted octanol–water partition coefficient (Wildman–Crippen LogP) is 4.10. The summed E-state index contributed by atoms with van der Waals surface area (Å²) in [5.74, 6) is 0.297. The highest BCUT2D eigenvalue weighted by Gasteiger charge is 2.17. The van der Waals surface area contributed by atoms with E-state index in [0.29, 0.717) is 5.75 Å². The molecule has 0 amide bonds. The summed E-state index contributed by atoms with van der Waals surface area (Å²) in [6.45, 7) is 8.38. The third-order valence-electron chi connectivity index (χ3n) is 2.97. The van der Waals surface area contributed by atoms with Gasteiger partial charge in [-0.15, -0.1) is 0 Å². The Morgan fingerprint density at radius 1 is 1.21 bits per heavy atom. The van der Waals surface area contributed by atoms with E-state index in [4.69, 9.17) is 9.15 Å². The molecule has 1 aromatic carbocycles. The van der Waals surface area contributed by atoms with Gasteiger partial charge < -0.3 is 9.15 Å². The summed E-state index contributed by atoms with van der Waals surface area (Å²) in [6, 6.07) is 9.10. The molecule has 3 heteroatoms. The Balaban J connectivity index is 2.21. The lowest BCUT2D eigenvalue weighted by atomic mass is 9.86. The SMILES string of the molecule is Cc1cc(C(C)(C)C)ccc1OC(=O)c1ccco1. The molecule has 19 heavy (non-hydrogen) atoms. The van der Waals surface area contributed by atoms with Gasteiger partial charge in [0.05, 0.1) is 6.26 Å². The summed E-state index contributed by atoms with van der Waals surface area (Å²) in [6.07, 6.45) is 1.45. The van der Waals surface area contributed by atoms with Crippen LogP contribution in [-0.4, -0.2) is 5.97 Å². The minimum atomic E-state index is -0.475. The molecule has 0 saturated carbocycles. The van der Waals surface area contributed by atoms with Gasteiger partial charge in [-0.25, -0.2) is 4.79 Å². The van der Waals surface area contributed by atoms with Gasteiger partial charge in [0.15, 0.2) is 0 Å². The molecule has 0 fully saturated rings. The molecule has 2 rings (SSSR count). The van der Waals surface area contributed by atoms with Crippen LogP contribution in [0.4, 0.5) is 0 Å². The van der Waals surface area contributed by atoms with Crippen molar-refractivity contribution in [2.45, 2.75) is 33.1 Å². The normalized spacial score (nSPS) is 11.4. The molecule has 0 aliphatic heterocycles. The van der Waals surface area contributed by atoms with Crippen molar-refractivity contribution in [2.24, 2.45) is 0 Å². The Hall–Kier alpha value is -2.03. The van der Waals surface area contributed by atoms with Crippen molar-refractivity contribution in [3.8, 4) is 5.75 Å². The summed E-state index contributed by atoms with van der Waals surface area (Å²) >= 11 is 0. The van der Waals surface area contributed by atoms with Crippen LogP contribution in [-0.2, 0) is 5.41 Å². The molecule has 0 aliphatic carbocycles. The van der Waals surface area contributed by atoms with Gasteiger partial charge in [-0.1, -0.05) is 32.9 Å². The molecule has 0 spiro atoms. The second-order valence-electron chi connectivity index (χ2n) is 5.60. The summed E-state index contributed by atoms with van der Waals surface area (Å²) in [4.78, 5) is 11.8. The number of rotatable bonds is 2. The molecule has 3 nitrogen and oxygen atoms in total. The van der Waals surface area contributed by atoms with Crippen molar-refractivity contribution in [3.63, 3.8) is 0 Å². The van der Waals surface area contributed by atoms with Crippen LogP contribution in [0, 0.1) is 6.92 Å². The van der Waals surface area contributed by atoms with E-state index >= 15 is 0 Å². The summed E-state index contributed by atoms with van der Waals surface area (Å²) in [7, 11) is 0. The summed E-state index contributed by atoms with van der Waals surface area (Å²) in [5.41, 5.74) is 2.23. The minimum absolute atomic E-state index is 0.0777. The molecule has 1 heterocycles. The maximum Gasteiger partial charge on any atom is 0.379 e. The highest BCUT2D eigenvalue weighted by Crippen LogP contribution is 2.27. The zero-order valence-electron chi connectivity index (χ0n) is 11.7. The molecule has 0 N–H and O–H groups in total. The van der Waals surface area contributed by atoms with Gasteiger partial charge in [-0.2, -0.15) is 0 Å². The number of benzene rings is 1. The molecule has 0 atom stereocenters. The molecule has 0 saturated heterocycles. The van der Waals surface area contributed by atoms with Gasteiger partial charge in [0.2, 0.25) is 5.76 Å². The zero-order chi connectivity index (χ0) is 14.0. The Morgan fingerprint density at radius 3 is 2.47 bits per heavy atom. The van der Waals surface area contributed by atoms with Crippen LogP contribution in [0.2, 0.25) is 0 Å². The lowest BCUT2D eigenvalue weighted by Gasteiger charge is -2.20. The van der Waals surface area contributed by atoms with E-state index in [1.54, 1.807) is 12.1 Å². The van der Waals surface area contributed by atoms with Gasteiger partial charge in [0.25, 0.3) is 0 Å². The quantitative estimate of drug-likeness (QED) is 0.601. The average molecular weight is 258 g/mol. The Bertz CT molecular complexity index is 575. The van der Waals surface area contributed by atoms with Crippen molar-refractivity contribution in [1.82, 2.24) is 0 Å². The zero-order valence-corrected chi connectivity index (χ0v) is 11.7. The minimum Gasteiger partial charge on any atom is -0.457 e. The van der Waals surface area contributed by atoms with Crippen LogP contribution < -0.4 is 4.74 Å². The van der Waals surface area contributed by atoms with Crippen LogP contribution in [0.1, 0.15) is 42.5 Å². The van der Waals surface area contributed by atoms with Gasteiger partial charge in [-0.05, 0) is 41.7 Å². The first-order valence-electron chi connectivity index (χ1n) is 6.25. The molecule has 100 valence electrons. The van der Waals surface area contributed by atoms with Gasteiger partial charge in [0.1, 0.15) is 5.75 Å². The van der Waals surface area contributed by atoms with Crippen molar-refractivity contribution in [2.75, 3.05) is 0 Å². The molecule has 1 aromatic heterocycles. The fourth-order valence-corrected chi connectivity index (χ4v) is 1.78. The third kappa shape index (κ3) is 3.05. The lowest BCUT2D eigenvalue weighted by Crippen LogP contribution is -2.12. The molecule has 0 unspecified atom stereocenters. The van der Waals surface area contributed by atoms with Crippen molar-refractivity contribution < 1.29 is 13.9 Å². The molecular formula is C16H18O3. The Kier molecular flexibility index (Phi) is 3.47. The fourth-order valence-electron chi connectivity index (χ4n) is 1.78.